The molecule has 0 saturated heterocycles. The number of carbonyl (C=O) groups is 3. The molecule has 0 aromatic carbocycles. The summed E-state index contributed by atoms with van der Waals surface area (Å²) in [5, 5.41) is 0. The van der Waals surface area contributed by atoms with E-state index in [-0.39, 0.29) is 37.5 Å². The van der Waals surface area contributed by atoms with Crippen molar-refractivity contribution in [2.75, 3.05) is 13.2 Å². The van der Waals surface area contributed by atoms with Crippen LogP contribution in [-0.4, -0.2) is 37.2 Å². The summed E-state index contributed by atoms with van der Waals surface area (Å²) in [5.41, 5.74) is 0. The highest BCUT2D eigenvalue weighted by molar-refractivity contribution is 5.71. The van der Waals surface area contributed by atoms with Gasteiger partial charge in [-0.3, -0.25) is 14.4 Å². The lowest BCUT2D eigenvalue weighted by Crippen LogP contribution is -2.30. The average molecular weight is 1010 g/mol. The highest BCUT2D eigenvalue weighted by Gasteiger charge is 2.19. The van der Waals surface area contributed by atoms with Gasteiger partial charge in [-0.1, -0.05) is 251 Å². The topological polar surface area (TPSA) is 78.9 Å². The van der Waals surface area contributed by atoms with Crippen molar-refractivity contribution in [3.63, 3.8) is 0 Å². The van der Waals surface area contributed by atoms with Crippen molar-refractivity contribution in [1.29, 1.82) is 0 Å². The highest BCUT2D eigenvalue weighted by Crippen LogP contribution is 2.15. The number of hydrogen-bond acceptors (Lipinski definition) is 6. The van der Waals surface area contributed by atoms with Gasteiger partial charge in [-0.25, -0.2) is 0 Å². The summed E-state index contributed by atoms with van der Waals surface area (Å²) in [5.74, 6) is -0.958. The normalized spacial score (nSPS) is 13.1. The quantitative estimate of drug-likeness (QED) is 0.0261. The zero-order valence-corrected chi connectivity index (χ0v) is 47.1. The van der Waals surface area contributed by atoms with E-state index in [1.165, 1.54) is 70.6 Å². The van der Waals surface area contributed by atoms with E-state index in [0.717, 1.165) is 135 Å². The predicted octanol–water partition coefficient (Wildman–Crippen LogP) is 20.2. The highest BCUT2D eigenvalue weighted by atomic mass is 16.6. The van der Waals surface area contributed by atoms with E-state index in [1.807, 2.05) is 0 Å². The molecule has 0 bridgehead atoms. The number of allylic oxidation sites excluding steroid dienone is 22. The second-order valence-corrected chi connectivity index (χ2v) is 19.1. The maximum Gasteiger partial charge on any atom is 0.306 e. The number of carbonyl (C=O) groups excluding carboxylic acids is 3. The molecule has 0 N–H and O–H groups in total. The molecule has 0 aliphatic heterocycles. The molecular formula is C67H108O6. The Kier molecular flexibility index (Phi) is 56.4. The lowest BCUT2D eigenvalue weighted by Gasteiger charge is -2.18. The van der Waals surface area contributed by atoms with Gasteiger partial charge in [0, 0.05) is 19.3 Å². The minimum Gasteiger partial charge on any atom is -0.462 e. The Hall–Kier alpha value is -4.45. The van der Waals surface area contributed by atoms with Crippen LogP contribution in [0.5, 0.6) is 0 Å². The number of esters is 3. The standard InChI is InChI=1S/C67H108O6/c1-4-7-10-13-15-17-19-21-23-24-25-26-27-28-29-30-31-32-33-34-35-36-37-38-39-40-41-42-44-45-47-49-51-54-57-60-66(69)72-63-64(62-71-65(68)59-56-53-12-9-6-3)73-67(70)61-58-55-52-50-48-46-43-22-20-18-16-14-11-8-5-2/h7-8,10-11,15-18,21-23,25-26,28-29,31-32,34-35,43,48,50,64H,4-6,9,12-14,19-20,24,27,30,33,36-42,44-47,49,51-63H2,1-3H3/b10-7-,11-8-,17-15-,18-16-,23-21-,26-25-,29-28-,32-31-,35-34-,43-22-,50-48-. The molecule has 412 valence electrons. The predicted molar refractivity (Wildman–Crippen MR) is 316 cm³/mol. The number of ether oxygens (including phenoxy) is 3. The minimum absolute atomic E-state index is 0.0973. The summed E-state index contributed by atoms with van der Waals surface area (Å²) >= 11 is 0. The molecule has 0 aromatic rings. The molecular weight excluding hydrogens is 901 g/mol. The van der Waals surface area contributed by atoms with Crippen LogP contribution in [0.4, 0.5) is 0 Å². The van der Waals surface area contributed by atoms with Crippen LogP contribution in [0.1, 0.15) is 252 Å². The first-order valence-electron chi connectivity index (χ1n) is 29.7. The van der Waals surface area contributed by atoms with E-state index in [2.05, 4.69) is 154 Å². The van der Waals surface area contributed by atoms with E-state index in [0.29, 0.717) is 19.3 Å². The van der Waals surface area contributed by atoms with E-state index < -0.39 is 6.10 Å². The van der Waals surface area contributed by atoms with Crippen LogP contribution >= 0.6 is 0 Å². The van der Waals surface area contributed by atoms with Gasteiger partial charge in [-0.15, -0.1) is 0 Å². The monoisotopic (exact) mass is 1010 g/mol. The van der Waals surface area contributed by atoms with Crippen LogP contribution < -0.4 is 0 Å². The fraction of sp³-hybridized carbons (Fsp3) is 0.627. The van der Waals surface area contributed by atoms with Gasteiger partial charge in [0.2, 0.25) is 0 Å². The molecule has 0 rings (SSSR count). The average Bonchev–Trinajstić information content (AvgIpc) is 3.39. The van der Waals surface area contributed by atoms with E-state index in [9.17, 15) is 14.4 Å². The molecule has 0 radical (unpaired) electrons. The van der Waals surface area contributed by atoms with Crippen LogP contribution in [0.25, 0.3) is 0 Å². The third kappa shape index (κ3) is 58.3. The maximum absolute atomic E-state index is 12.7. The van der Waals surface area contributed by atoms with Gasteiger partial charge in [0.25, 0.3) is 0 Å². The van der Waals surface area contributed by atoms with Gasteiger partial charge in [0.05, 0.1) is 0 Å². The zero-order chi connectivity index (χ0) is 52.9. The minimum atomic E-state index is -0.798. The molecule has 0 saturated carbocycles. The smallest absolute Gasteiger partial charge is 0.306 e. The Morgan fingerprint density at radius 1 is 0.288 bits per heavy atom. The second kappa shape index (κ2) is 60.1. The van der Waals surface area contributed by atoms with Crippen molar-refractivity contribution in [3.05, 3.63) is 134 Å². The van der Waals surface area contributed by atoms with Crippen LogP contribution in [0.2, 0.25) is 0 Å². The number of rotatable bonds is 52. The summed E-state index contributed by atoms with van der Waals surface area (Å²) in [6, 6.07) is 0. The molecule has 6 nitrogen and oxygen atoms in total. The van der Waals surface area contributed by atoms with Crippen LogP contribution in [0.3, 0.4) is 0 Å². The molecule has 0 heterocycles. The Morgan fingerprint density at radius 3 is 0.863 bits per heavy atom. The van der Waals surface area contributed by atoms with Gasteiger partial charge in [-0.05, 0) is 116 Å². The number of unbranched alkanes of at least 4 members (excludes halogenated alkanes) is 19. The first-order chi connectivity index (χ1) is 36.0. The third-order valence-electron chi connectivity index (χ3n) is 12.2. The summed E-state index contributed by atoms with van der Waals surface area (Å²) < 4.78 is 16.7. The molecule has 0 spiro atoms. The van der Waals surface area contributed by atoms with Gasteiger partial charge < -0.3 is 14.2 Å². The molecule has 1 atom stereocenters. The van der Waals surface area contributed by atoms with Gasteiger partial charge in [0.15, 0.2) is 6.10 Å². The number of hydrogen-bond donors (Lipinski definition) is 0. The molecule has 0 fully saturated rings. The summed E-state index contributed by atoms with van der Waals surface area (Å²) in [4.78, 5) is 37.7. The molecule has 6 heteroatoms. The Labute approximate surface area is 449 Å². The first-order valence-corrected chi connectivity index (χ1v) is 29.7. The van der Waals surface area contributed by atoms with E-state index >= 15 is 0 Å². The lowest BCUT2D eigenvalue weighted by atomic mass is 10.0. The third-order valence-corrected chi connectivity index (χ3v) is 12.2. The van der Waals surface area contributed by atoms with Crippen molar-refractivity contribution in [3.8, 4) is 0 Å². The van der Waals surface area contributed by atoms with Gasteiger partial charge >= 0.3 is 17.9 Å². The van der Waals surface area contributed by atoms with Gasteiger partial charge in [-0.2, -0.15) is 0 Å². The molecule has 1 unspecified atom stereocenters. The lowest BCUT2D eigenvalue weighted by molar-refractivity contribution is -0.167. The summed E-state index contributed by atoms with van der Waals surface area (Å²) in [6.45, 7) is 6.28. The SMILES string of the molecule is CC/C=C\C/C=C\C/C=C\C/C=C\C/C=C\C/C=C\C/C=C\CCCCCCCCCCCCCCCC(=O)OCC(COC(=O)CCCCCCC)OC(=O)CCCC/C=C\C/C=C\C/C=C\C/C=C\CC. The van der Waals surface area contributed by atoms with E-state index in [4.69, 9.17) is 14.2 Å². The van der Waals surface area contributed by atoms with Crippen LogP contribution in [-0.2, 0) is 28.6 Å². The molecule has 73 heavy (non-hydrogen) atoms. The Morgan fingerprint density at radius 2 is 0.534 bits per heavy atom. The van der Waals surface area contributed by atoms with Crippen LogP contribution in [0, 0.1) is 0 Å². The van der Waals surface area contributed by atoms with Crippen LogP contribution in [0.15, 0.2) is 134 Å². The fourth-order valence-corrected chi connectivity index (χ4v) is 7.77. The molecule has 0 aliphatic rings. The molecule has 0 amide bonds. The maximum atomic E-state index is 12.7. The van der Waals surface area contributed by atoms with Crippen molar-refractivity contribution in [1.82, 2.24) is 0 Å². The summed E-state index contributed by atoms with van der Waals surface area (Å²) in [7, 11) is 0. The first kappa shape index (κ1) is 68.6. The van der Waals surface area contributed by atoms with Crippen molar-refractivity contribution in [2.45, 2.75) is 258 Å². The second-order valence-electron chi connectivity index (χ2n) is 19.1. The van der Waals surface area contributed by atoms with Gasteiger partial charge in [0.1, 0.15) is 13.2 Å². The van der Waals surface area contributed by atoms with Crippen molar-refractivity contribution < 1.29 is 28.6 Å². The Balaban J connectivity index is 4.02. The Bertz CT molecular complexity index is 1580. The van der Waals surface area contributed by atoms with E-state index in [1.54, 1.807) is 0 Å². The molecule has 0 aromatic heterocycles. The zero-order valence-electron chi connectivity index (χ0n) is 47.1. The van der Waals surface area contributed by atoms with Crippen molar-refractivity contribution >= 4 is 17.9 Å². The molecule has 0 aliphatic carbocycles. The fourth-order valence-electron chi connectivity index (χ4n) is 7.77. The summed E-state index contributed by atoms with van der Waals surface area (Å²) in [6.07, 6.45) is 85.1. The largest absolute Gasteiger partial charge is 0.462 e. The van der Waals surface area contributed by atoms with Crippen molar-refractivity contribution in [2.24, 2.45) is 0 Å².